The van der Waals surface area contributed by atoms with Crippen LogP contribution in [-0.2, 0) is 27.8 Å². The standard InChI is InChI=1S/C28H31N3O4S/c32-28-26(25-9-5-4-6-22(25)19-29-12-14-35-15-13-29)10-11-27-23-16-21(18-31(27)28)17-30(20-23)36(33,34)24-7-2-1-3-8-24/h1-11,21,23H,12-20H2/t21-,23+/m0/s1. The normalized spacial score (nSPS) is 22.8. The molecule has 2 atom stereocenters. The van der Waals surface area contributed by atoms with Gasteiger partial charge in [0.25, 0.3) is 5.56 Å². The van der Waals surface area contributed by atoms with Gasteiger partial charge in [-0.05, 0) is 47.7 Å². The number of morpholine rings is 1. The minimum absolute atomic E-state index is 0.0151. The molecule has 3 aliphatic heterocycles. The molecule has 2 saturated heterocycles. The van der Waals surface area contributed by atoms with Crippen LogP contribution in [0, 0.1) is 5.92 Å². The Labute approximate surface area is 212 Å². The van der Waals surface area contributed by atoms with Crippen LogP contribution in [0.2, 0.25) is 0 Å². The lowest BCUT2D eigenvalue weighted by molar-refractivity contribution is 0.0342. The summed E-state index contributed by atoms with van der Waals surface area (Å²) in [6.45, 7) is 5.44. The van der Waals surface area contributed by atoms with E-state index in [1.165, 1.54) is 0 Å². The molecule has 6 rings (SSSR count). The molecule has 0 aliphatic carbocycles. The summed E-state index contributed by atoms with van der Waals surface area (Å²) >= 11 is 0. The smallest absolute Gasteiger partial charge is 0.258 e. The topological polar surface area (TPSA) is 71.8 Å². The highest BCUT2D eigenvalue weighted by molar-refractivity contribution is 7.89. The number of rotatable bonds is 5. The molecule has 8 heteroatoms. The van der Waals surface area contributed by atoms with E-state index in [1.807, 2.05) is 41.0 Å². The number of ether oxygens (including phenoxy) is 1. The van der Waals surface area contributed by atoms with Crippen molar-refractivity contribution in [1.29, 1.82) is 0 Å². The van der Waals surface area contributed by atoms with Gasteiger partial charge in [-0.3, -0.25) is 9.69 Å². The van der Waals surface area contributed by atoms with Crippen molar-refractivity contribution in [2.24, 2.45) is 5.92 Å². The molecule has 0 radical (unpaired) electrons. The van der Waals surface area contributed by atoms with E-state index in [4.69, 9.17) is 4.74 Å². The van der Waals surface area contributed by atoms with E-state index in [1.54, 1.807) is 28.6 Å². The van der Waals surface area contributed by atoms with Gasteiger partial charge in [-0.15, -0.1) is 0 Å². The summed E-state index contributed by atoms with van der Waals surface area (Å²) in [6.07, 6.45) is 0.910. The van der Waals surface area contributed by atoms with Crippen LogP contribution in [-0.4, -0.2) is 61.6 Å². The largest absolute Gasteiger partial charge is 0.379 e. The summed E-state index contributed by atoms with van der Waals surface area (Å²) in [4.78, 5) is 16.5. The zero-order chi connectivity index (χ0) is 24.7. The predicted molar refractivity (Wildman–Crippen MR) is 138 cm³/mol. The summed E-state index contributed by atoms with van der Waals surface area (Å²) in [6, 6.07) is 20.8. The number of hydrogen-bond donors (Lipinski definition) is 0. The van der Waals surface area contributed by atoms with Gasteiger partial charge in [0, 0.05) is 56.4 Å². The SMILES string of the molecule is O=c1c(-c2ccccc2CN2CCOCC2)ccc2n1C[C@H]1C[C@@H]2CN(S(=O)(=O)c2ccccc2)C1. The Bertz CT molecular complexity index is 1410. The molecule has 0 unspecified atom stereocenters. The first kappa shape index (κ1) is 23.6. The third-order valence-corrected chi connectivity index (χ3v) is 9.60. The molecular formula is C28H31N3O4S. The molecule has 4 heterocycles. The van der Waals surface area contributed by atoms with E-state index in [0.29, 0.717) is 24.5 Å². The fourth-order valence-corrected chi connectivity index (χ4v) is 7.55. The highest BCUT2D eigenvalue weighted by atomic mass is 32.2. The minimum atomic E-state index is -3.56. The number of piperidine rings is 1. The van der Waals surface area contributed by atoms with Crippen LogP contribution in [0.4, 0.5) is 0 Å². The van der Waals surface area contributed by atoms with E-state index in [2.05, 4.69) is 11.0 Å². The van der Waals surface area contributed by atoms with Crippen molar-refractivity contribution in [1.82, 2.24) is 13.8 Å². The van der Waals surface area contributed by atoms with Gasteiger partial charge in [-0.1, -0.05) is 42.5 Å². The van der Waals surface area contributed by atoms with Crippen LogP contribution in [0.3, 0.4) is 0 Å². The third kappa shape index (κ3) is 4.32. The second-order valence-corrected chi connectivity index (χ2v) is 12.0. The summed E-state index contributed by atoms with van der Waals surface area (Å²) in [7, 11) is -3.56. The maximum absolute atomic E-state index is 13.8. The number of pyridine rings is 1. The van der Waals surface area contributed by atoms with E-state index in [-0.39, 0.29) is 17.4 Å². The van der Waals surface area contributed by atoms with Crippen molar-refractivity contribution >= 4 is 10.0 Å². The number of hydrogen-bond acceptors (Lipinski definition) is 5. The van der Waals surface area contributed by atoms with E-state index >= 15 is 0 Å². The molecule has 3 aromatic rings. The molecule has 3 aliphatic rings. The first-order valence-electron chi connectivity index (χ1n) is 12.7. The van der Waals surface area contributed by atoms with Crippen LogP contribution in [0.25, 0.3) is 11.1 Å². The van der Waals surface area contributed by atoms with Gasteiger partial charge < -0.3 is 9.30 Å². The molecule has 0 spiro atoms. The number of aromatic nitrogens is 1. The highest BCUT2D eigenvalue weighted by Crippen LogP contribution is 2.38. The Balaban J connectivity index is 1.31. The molecule has 2 bridgehead atoms. The molecule has 0 N–H and O–H groups in total. The minimum Gasteiger partial charge on any atom is -0.379 e. The first-order valence-corrected chi connectivity index (χ1v) is 14.1. The second-order valence-electron chi connectivity index (χ2n) is 10.1. The predicted octanol–water partition coefficient (Wildman–Crippen LogP) is 3.16. The zero-order valence-corrected chi connectivity index (χ0v) is 21.1. The molecule has 7 nitrogen and oxygen atoms in total. The van der Waals surface area contributed by atoms with Gasteiger partial charge >= 0.3 is 0 Å². The lowest BCUT2D eigenvalue weighted by Crippen LogP contribution is -2.49. The van der Waals surface area contributed by atoms with Crippen molar-refractivity contribution in [2.45, 2.75) is 30.3 Å². The third-order valence-electron chi connectivity index (χ3n) is 7.76. The molecule has 1 aromatic heterocycles. The van der Waals surface area contributed by atoms with Gasteiger partial charge in [0.1, 0.15) is 0 Å². The van der Waals surface area contributed by atoms with Gasteiger partial charge in [0.2, 0.25) is 10.0 Å². The fourth-order valence-electron chi connectivity index (χ4n) is 5.97. The molecule has 0 saturated carbocycles. The number of sulfonamides is 1. The molecule has 36 heavy (non-hydrogen) atoms. The fraction of sp³-hybridized carbons (Fsp3) is 0.393. The number of fused-ring (bicyclic) bond motifs is 4. The van der Waals surface area contributed by atoms with Crippen LogP contribution >= 0.6 is 0 Å². The maximum Gasteiger partial charge on any atom is 0.258 e. The van der Waals surface area contributed by atoms with Crippen molar-refractivity contribution in [3.63, 3.8) is 0 Å². The molecule has 2 aromatic carbocycles. The molecule has 2 fully saturated rings. The summed E-state index contributed by atoms with van der Waals surface area (Å²) in [5.41, 5.74) is 3.81. The monoisotopic (exact) mass is 505 g/mol. The van der Waals surface area contributed by atoms with Crippen molar-refractivity contribution < 1.29 is 13.2 Å². The second kappa shape index (κ2) is 9.59. The van der Waals surface area contributed by atoms with Gasteiger partial charge in [-0.2, -0.15) is 4.31 Å². The van der Waals surface area contributed by atoms with Crippen LogP contribution in [0.5, 0.6) is 0 Å². The summed E-state index contributed by atoms with van der Waals surface area (Å²) in [5.74, 6) is 0.132. The highest BCUT2D eigenvalue weighted by Gasteiger charge is 2.39. The van der Waals surface area contributed by atoms with Gasteiger partial charge in [0.05, 0.1) is 18.1 Å². The number of nitrogens with zero attached hydrogens (tertiary/aromatic N) is 3. The van der Waals surface area contributed by atoms with E-state index in [9.17, 15) is 13.2 Å². The number of benzene rings is 2. The lowest BCUT2D eigenvalue weighted by Gasteiger charge is -2.42. The first-order chi connectivity index (χ1) is 17.5. The average molecular weight is 506 g/mol. The lowest BCUT2D eigenvalue weighted by atomic mass is 9.83. The van der Waals surface area contributed by atoms with E-state index in [0.717, 1.165) is 61.7 Å². The van der Waals surface area contributed by atoms with Crippen LogP contribution in [0.15, 0.2) is 76.4 Å². The average Bonchev–Trinajstić information content (AvgIpc) is 2.91. The quantitative estimate of drug-likeness (QED) is 0.533. The molecule has 0 amide bonds. The zero-order valence-electron chi connectivity index (χ0n) is 20.3. The Morgan fingerprint density at radius 1 is 0.833 bits per heavy atom. The van der Waals surface area contributed by atoms with Crippen molar-refractivity contribution in [3.8, 4) is 11.1 Å². The Kier molecular flexibility index (Phi) is 6.29. The Morgan fingerprint density at radius 3 is 2.39 bits per heavy atom. The Morgan fingerprint density at radius 2 is 1.58 bits per heavy atom. The molecule has 188 valence electrons. The summed E-state index contributed by atoms with van der Waals surface area (Å²) in [5, 5.41) is 0. The molecular weight excluding hydrogens is 474 g/mol. The van der Waals surface area contributed by atoms with Crippen LogP contribution < -0.4 is 5.56 Å². The maximum atomic E-state index is 13.8. The van der Waals surface area contributed by atoms with E-state index < -0.39 is 10.0 Å². The van der Waals surface area contributed by atoms with Gasteiger partial charge in [-0.25, -0.2) is 8.42 Å². The Hall–Kier alpha value is -2.78. The summed E-state index contributed by atoms with van der Waals surface area (Å²) < 4.78 is 35.6. The van der Waals surface area contributed by atoms with Crippen molar-refractivity contribution in [2.75, 3.05) is 39.4 Å². The van der Waals surface area contributed by atoms with Crippen LogP contribution in [0.1, 0.15) is 23.6 Å². The van der Waals surface area contributed by atoms with Crippen molar-refractivity contribution in [3.05, 3.63) is 88.3 Å². The van der Waals surface area contributed by atoms with Gasteiger partial charge in [0.15, 0.2) is 0 Å².